The van der Waals surface area contributed by atoms with Crippen LogP contribution in [0.2, 0.25) is 5.82 Å². The van der Waals surface area contributed by atoms with Gasteiger partial charge in [0.1, 0.15) is 7.85 Å². The topological polar surface area (TPSA) is 0 Å². The van der Waals surface area contributed by atoms with E-state index in [1.165, 1.54) is 19.3 Å². The van der Waals surface area contributed by atoms with Gasteiger partial charge in [0.15, 0.2) is 0 Å². The molecule has 0 spiro atoms. The third kappa shape index (κ3) is 1.80. The van der Waals surface area contributed by atoms with Crippen molar-refractivity contribution in [1.29, 1.82) is 0 Å². The second kappa shape index (κ2) is 3.20. The Bertz CT molecular complexity index is 119. The second-order valence-electron chi connectivity index (χ2n) is 4.82. The molecule has 0 aromatic rings. The smallest absolute Gasteiger partial charge is 0.0692 e. The third-order valence-electron chi connectivity index (χ3n) is 3.68. The Morgan fingerprint density at radius 1 is 0.818 bits per heavy atom. The minimum atomic E-state index is 1.03. The summed E-state index contributed by atoms with van der Waals surface area (Å²) in [7, 11) is 2.46. The molecule has 0 radical (unpaired) electrons. The van der Waals surface area contributed by atoms with Gasteiger partial charge in [-0.05, 0) is 11.8 Å². The van der Waals surface area contributed by atoms with Gasteiger partial charge in [0.25, 0.3) is 0 Å². The van der Waals surface area contributed by atoms with E-state index in [1.807, 2.05) is 0 Å². The maximum atomic E-state index is 2.46. The Morgan fingerprint density at radius 3 is 1.91 bits per heavy atom. The first kappa shape index (κ1) is 7.70. The van der Waals surface area contributed by atoms with Crippen LogP contribution in [0.15, 0.2) is 0 Å². The largest absolute Gasteiger partial charge is 0.105 e. The van der Waals surface area contributed by atoms with Gasteiger partial charge in [-0.25, -0.2) is 0 Å². The van der Waals surface area contributed by atoms with Crippen LogP contribution in [0.5, 0.6) is 0 Å². The van der Waals surface area contributed by atoms with E-state index in [4.69, 9.17) is 0 Å². The quantitative estimate of drug-likeness (QED) is 0.465. The summed E-state index contributed by atoms with van der Waals surface area (Å²) in [6.45, 7) is 0. The lowest BCUT2D eigenvalue weighted by Crippen LogP contribution is -2.06. The zero-order chi connectivity index (χ0) is 7.68. The summed E-state index contributed by atoms with van der Waals surface area (Å²) in [5, 5.41) is 0. The van der Waals surface area contributed by atoms with Gasteiger partial charge in [0, 0.05) is 0 Å². The number of hydrogen-bond acceptors (Lipinski definition) is 0. The molecule has 0 amide bonds. The molecule has 2 rings (SSSR count). The van der Waals surface area contributed by atoms with Crippen molar-refractivity contribution < 1.29 is 0 Å². The van der Waals surface area contributed by atoms with E-state index >= 15 is 0 Å². The molecule has 0 saturated heterocycles. The van der Waals surface area contributed by atoms with Crippen molar-refractivity contribution in [2.75, 3.05) is 0 Å². The zero-order valence-electron chi connectivity index (χ0n) is 7.68. The van der Waals surface area contributed by atoms with Crippen molar-refractivity contribution in [3.8, 4) is 0 Å². The number of rotatable bonds is 0. The van der Waals surface area contributed by atoms with Crippen LogP contribution in [0.25, 0.3) is 0 Å². The fourth-order valence-corrected chi connectivity index (χ4v) is 3.16. The minimum absolute atomic E-state index is 1.03. The Labute approximate surface area is 71.2 Å². The highest BCUT2D eigenvalue weighted by Crippen LogP contribution is 2.40. The Balaban J connectivity index is 2.04. The standard InChI is InChI=1S/C10H19B/c11-10-6-8-2-1-3-9(7-10)5-4-8/h8-10H,1-7,11H2. The average molecular weight is 150 g/mol. The van der Waals surface area contributed by atoms with Crippen LogP contribution in [-0.2, 0) is 0 Å². The summed E-state index contributed by atoms with van der Waals surface area (Å²) in [6.07, 6.45) is 10.8. The van der Waals surface area contributed by atoms with Crippen LogP contribution in [0, 0.1) is 11.8 Å². The molecule has 62 valence electrons. The molecule has 0 nitrogen and oxygen atoms in total. The van der Waals surface area contributed by atoms with Gasteiger partial charge in [0.2, 0.25) is 0 Å². The van der Waals surface area contributed by atoms with Crippen LogP contribution >= 0.6 is 0 Å². The molecule has 11 heavy (non-hydrogen) atoms. The predicted octanol–water partition coefficient (Wildman–Crippen LogP) is 2.40. The fourth-order valence-electron chi connectivity index (χ4n) is 3.16. The molecule has 2 aliphatic rings. The van der Waals surface area contributed by atoms with Gasteiger partial charge >= 0.3 is 0 Å². The average Bonchev–Trinajstić information content (AvgIpc) is 2.19. The van der Waals surface area contributed by atoms with Crippen molar-refractivity contribution in [2.45, 2.75) is 50.8 Å². The maximum Gasteiger partial charge on any atom is 0.105 e. The van der Waals surface area contributed by atoms with Crippen molar-refractivity contribution in [3.63, 3.8) is 0 Å². The predicted molar refractivity (Wildman–Crippen MR) is 51.6 cm³/mol. The SMILES string of the molecule is BC1CC2CCCC(CC2)C1. The van der Waals surface area contributed by atoms with Gasteiger partial charge in [-0.2, -0.15) is 0 Å². The van der Waals surface area contributed by atoms with E-state index < -0.39 is 0 Å². The maximum absolute atomic E-state index is 2.46. The van der Waals surface area contributed by atoms with E-state index in [2.05, 4.69) is 7.85 Å². The normalized spacial score (nSPS) is 44.9. The molecule has 1 heteroatoms. The van der Waals surface area contributed by atoms with Gasteiger partial charge in [0.05, 0.1) is 0 Å². The van der Waals surface area contributed by atoms with Gasteiger partial charge in [-0.15, -0.1) is 0 Å². The van der Waals surface area contributed by atoms with Crippen LogP contribution < -0.4 is 0 Å². The highest BCUT2D eigenvalue weighted by Gasteiger charge is 2.25. The first-order chi connectivity index (χ1) is 5.34. The first-order valence-corrected chi connectivity index (χ1v) is 5.34. The van der Waals surface area contributed by atoms with Gasteiger partial charge in [-0.3, -0.25) is 0 Å². The molecule has 2 bridgehead atoms. The van der Waals surface area contributed by atoms with Gasteiger partial charge in [-0.1, -0.05) is 50.8 Å². The minimum Gasteiger partial charge on any atom is -0.0692 e. The van der Waals surface area contributed by atoms with Gasteiger partial charge < -0.3 is 0 Å². The van der Waals surface area contributed by atoms with Crippen molar-refractivity contribution in [3.05, 3.63) is 0 Å². The molecule has 2 aliphatic carbocycles. The molecule has 2 fully saturated rings. The highest BCUT2D eigenvalue weighted by molar-refractivity contribution is 6.11. The molecule has 0 heterocycles. The van der Waals surface area contributed by atoms with E-state index in [9.17, 15) is 0 Å². The van der Waals surface area contributed by atoms with E-state index in [-0.39, 0.29) is 0 Å². The zero-order valence-corrected chi connectivity index (χ0v) is 7.68. The van der Waals surface area contributed by atoms with E-state index in [1.54, 1.807) is 25.7 Å². The summed E-state index contributed by atoms with van der Waals surface area (Å²) in [5.74, 6) is 3.25. The second-order valence-corrected chi connectivity index (χ2v) is 4.82. The highest BCUT2D eigenvalue weighted by atomic mass is 14.3. The van der Waals surface area contributed by atoms with E-state index in [0.717, 1.165) is 17.7 Å². The molecular weight excluding hydrogens is 131 g/mol. The van der Waals surface area contributed by atoms with Crippen LogP contribution in [-0.4, -0.2) is 7.85 Å². The Morgan fingerprint density at radius 2 is 1.36 bits per heavy atom. The number of fused-ring (bicyclic) bond motifs is 3. The summed E-state index contributed by atoms with van der Waals surface area (Å²) < 4.78 is 0. The lowest BCUT2D eigenvalue weighted by atomic mass is 9.74. The molecule has 2 saturated carbocycles. The van der Waals surface area contributed by atoms with Crippen molar-refractivity contribution >= 4 is 7.85 Å². The Kier molecular flexibility index (Phi) is 2.24. The number of hydrogen-bond donors (Lipinski definition) is 0. The summed E-state index contributed by atoms with van der Waals surface area (Å²) in [6, 6.07) is 0. The molecule has 0 N–H and O–H groups in total. The molecule has 2 atom stereocenters. The van der Waals surface area contributed by atoms with Crippen LogP contribution in [0.3, 0.4) is 0 Å². The van der Waals surface area contributed by atoms with E-state index in [0.29, 0.717) is 0 Å². The summed E-state index contributed by atoms with van der Waals surface area (Å²) in [5.41, 5.74) is 0. The monoisotopic (exact) mass is 150 g/mol. The van der Waals surface area contributed by atoms with Crippen molar-refractivity contribution in [2.24, 2.45) is 11.8 Å². The fraction of sp³-hybridized carbons (Fsp3) is 1.00. The lowest BCUT2D eigenvalue weighted by molar-refractivity contribution is 0.394. The first-order valence-electron chi connectivity index (χ1n) is 5.34. The third-order valence-corrected chi connectivity index (χ3v) is 3.68. The molecule has 2 unspecified atom stereocenters. The van der Waals surface area contributed by atoms with Crippen molar-refractivity contribution in [1.82, 2.24) is 0 Å². The summed E-state index contributed by atoms with van der Waals surface area (Å²) >= 11 is 0. The molecule has 0 aromatic heterocycles. The van der Waals surface area contributed by atoms with Crippen LogP contribution in [0.1, 0.15) is 44.9 Å². The van der Waals surface area contributed by atoms with Crippen LogP contribution in [0.4, 0.5) is 0 Å². The molecule has 0 aliphatic heterocycles. The molecule has 0 aromatic carbocycles. The Hall–Kier alpha value is 0.0649. The lowest BCUT2D eigenvalue weighted by Gasteiger charge is -2.20. The summed E-state index contributed by atoms with van der Waals surface area (Å²) in [4.78, 5) is 0. The molecular formula is C10H19B.